The number of amides is 1. The maximum Gasteiger partial charge on any atom is 0.239 e. The lowest BCUT2D eigenvalue weighted by molar-refractivity contribution is -0.124. The molecular weight excluding hydrogens is 302 g/mol. The number of nitrogens with zero attached hydrogens (tertiary/aromatic N) is 4. The smallest absolute Gasteiger partial charge is 0.239 e. The Kier molecular flexibility index (Phi) is 4.97. The Morgan fingerprint density at radius 3 is 2.67 bits per heavy atom. The van der Waals surface area contributed by atoms with E-state index in [4.69, 9.17) is 5.73 Å². The van der Waals surface area contributed by atoms with Crippen LogP contribution < -0.4 is 5.73 Å². The summed E-state index contributed by atoms with van der Waals surface area (Å²) >= 11 is 0. The fourth-order valence-electron chi connectivity index (χ4n) is 3.41. The van der Waals surface area contributed by atoms with Gasteiger partial charge in [0.15, 0.2) is 0 Å². The molecule has 1 saturated heterocycles. The van der Waals surface area contributed by atoms with Crippen LogP contribution in [-0.2, 0) is 18.4 Å². The minimum Gasteiger partial charge on any atom is -0.368 e. The van der Waals surface area contributed by atoms with Crippen LogP contribution in [0.4, 0.5) is 0 Å². The van der Waals surface area contributed by atoms with Gasteiger partial charge >= 0.3 is 0 Å². The van der Waals surface area contributed by atoms with E-state index < -0.39 is 0 Å². The van der Waals surface area contributed by atoms with Gasteiger partial charge in [-0.05, 0) is 12.5 Å². The lowest BCUT2D eigenvalue weighted by atomic mass is 10.0. The zero-order valence-electron chi connectivity index (χ0n) is 14.3. The van der Waals surface area contributed by atoms with Gasteiger partial charge in [0, 0.05) is 45.1 Å². The topological polar surface area (TPSA) is 67.4 Å². The van der Waals surface area contributed by atoms with E-state index in [2.05, 4.69) is 26.3 Å². The molecule has 128 valence electrons. The van der Waals surface area contributed by atoms with Crippen molar-refractivity contribution in [2.24, 2.45) is 12.8 Å². The molecule has 1 aliphatic rings. The summed E-state index contributed by atoms with van der Waals surface area (Å²) in [5, 5.41) is 0. The molecule has 0 radical (unpaired) electrons. The summed E-state index contributed by atoms with van der Waals surface area (Å²) < 4.78 is 2.05. The van der Waals surface area contributed by atoms with E-state index in [-0.39, 0.29) is 11.9 Å². The minimum absolute atomic E-state index is 0.286. The summed E-state index contributed by atoms with van der Waals surface area (Å²) in [5.74, 6) is 0.774. The van der Waals surface area contributed by atoms with Gasteiger partial charge in [0.05, 0.1) is 6.54 Å². The Morgan fingerprint density at radius 2 is 2.08 bits per heavy atom. The summed E-state index contributed by atoms with van der Waals surface area (Å²) in [6.07, 6.45) is 3.80. The van der Waals surface area contributed by atoms with Crippen molar-refractivity contribution in [1.29, 1.82) is 0 Å². The zero-order valence-corrected chi connectivity index (χ0v) is 14.3. The number of carbonyl (C=O) groups excluding carboxylic acids is 1. The number of aryl methyl sites for hydroxylation is 1. The van der Waals surface area contributed by atoms with Crippen LogP contribution in [0.2, 0.25) is 0 Å². The van der Waals surface area contributed by atoms with Gasteiger partial charge in [0.2, 0.25) is 5.91 Å². The van der Waals surface area contributed by atoms with Gasteiger partial charge in [0.1, 0.15) is 11.9 Å². The van der Waals surface area contributed by atoms with E-state index in [9.17, 15) is 4.79 Å². The first kappa shape index (κ1) is 16.7. The molecule has 2 aromatic rings. The third-order valence-corrected chi connectivity index (χ3v) is 4.81. The quantitative estimate of drug-likeness (QED) is 0.895. The van der Waals surface area contributed by atoms with Gasteiger partial charge in [-0.3, -0.25) is 14.6 Å². The summed E-state index contributed by atoms with van der Waals surface area (Å²) in [4.78, 5) is 21.0. The van der Waals surface area contributed by atoms with Gasteiger partial charge in [-0.15, -0.1) is 0 Å². The van der Waals surface area contributed by atoms with Crippen LogP contribution in [0, 0.1) is 0 Å². The number of hydrogen-bond acceptors (Lipinski definition) is 4. The average molecular weight is 327 g/mol. The van der Waals surface area contributed by atoms with Crippen molar-refractivity contribution in [3.63, 3.8) is 0 Å². The zero-order chi connectivity index (χ0) is 17.1. The number of hydrogen-bond donors (Lipinski definition) is 1. The summed E-state index contributed by atoms with van der Waals surface area (Å²) in [6, 6.07) is 9.78. The Morgan fingerprint density at radius 1 is 1.33 bits per heavy atom. The Hall–Kier alpha value is -2.18. The van der Waals surface area contributed by atoms with Crippen LogP contribution in [0.25, 0.3) is 0 Å². The predicted octanol–water partition coefficient (Wildman–Crippen LogP) is 1.15. The first-order valence-corrected chi connectivity index (χ1v) is 8.35. The van der Waals surface area contributed by atoms with E-state index in [0.717, 1.165) is 37.6 Å². The molecule has 6 nitrogen and oxygen atoms in total. The molecule has 2 N–H and O–H groups in total. The Labute approximate surface area is 142 Å². The van der Waals surface area contributed by atoms with Crippen LogP contribution >= 0.6 is 0 Å². The molecule has 0 bridgehead atoms. The molecule has 1 aromatic heterocycles. The number of carbonyl (C=O) groups is 1. The first-order valence-electron chi connectivity index (χ1n) is 8.35. The van der Waals surface area contributed by atoms with Crippen LogP contribution in [0.1, 0.15) is 24.4 Å². The van der Waals surface area contributed by atoms with Crippen LogP contribution in [0.5, 0.6) is 0 Å². The largest absolute Gasteiger partial charge is 0.368 e. The van der Waals surface area contributed by atoms with E-state index in [1.54, 1.807) is 0 Å². The van der Waals surface area contributed by atoms with Crippen molar-refractivity contribution < 1.29 is 4.79 Å². The second-order valence-electron chi connectivity index (χ2n) is 6.48. The van der Waals surface area contributed by atoms with Gasteiger partial charge in [0.25, 0.3) is 0 Å². The Balaban J connectivity index is 1.69. The highest BCUT2D eigenvalue weighted by molar-refractivity contribution is 5.81. The van der Waals surface area contributed by atoms with Crippen LogP contribution in [0.3, 0.4) is 0 Å². The number of piperazine rings is 1. The maximum atomic E-state index is 12.0. The van der Waals surface area contributed by atoms with Crippen molar-refractivity contribution in [1.82, 2.24) is 19.4 Å². The average Bonchev–Trinajstić information content (AvgIpc) is 2.96. The molecule has 0 aliphatic carbocycles. The molecule has 0 spiro atoms. The van der Waals surface area contributed by atoms with E-state index in [1.165, 1.54) is 0 Å². The van der Waals surface area contributed by atoms with Crippen molar-refractivity contribution in [3.8, 4) is 0 Å². The minimum atomic E-state index is -0.357. The summed E-state index contributed by atoms with van der Waals surface area (Å²) in [5.41, 5.74) is 6.67. The molecule has 3 rings (SSSR count). The fourth-order valence-corrected chi connectivity index (χ4v) is 3.41. The van der Waals surface area contributed by atoms with Crippen molar-refractivity contribution in [3.05, 3.63) is 54.1 Å². The van der Waals surface area contributed by atoms with Crippen molar-refractivity contribution in [2.45, 2.75) is 25.6 Å². The molecule has 2 heterocycles. The van der Waals surface area contributed by atoms with Gasteiger partial charge in [-0.25, -0.2) is 4.98 Å². The normalized spacial score (nSPS) is 20.8. The van der Waals surface area contributed by atoms with E-state index in [1.807, 2.05) is 49.8 Å². The summed E-state index contributed by atoms with van der Waals surface area (Å²) in [7, 11) is 2.02. The second kappa shape index (κ2) is 7.15. The molecular formula is C18H25N5O. The molecule has 2 atom stereocenters. The molecule has 0 saturated carbocycles. The monoisotopic (exact) mass is 327 g/mol. The molecule has 1 aliphatic heterocycles. The molecule has 1 fully saturated rings. The highest BCUT2D eigenvalue weighted by Gasteiger charge is 2.32. The van der Waals surface area contributed by atoms with Crippen LogP contribution in [-0.4, -0.2) is 50.9 Å². The molecule has 1 aromatic carbocycles. The molecule has 1 amide bonds. The van der Waals surface area contributed by atoms with Crippen molar-refractivity contribution in [2.75, 3.05) is 19.6 Å². The number of imidazole rings is 1. The van der Waals surface area contributed by atoms with E-state index in [0.29, 0.717) is 6.04 Å². The van der Waals surface area contributed by atoms with Crippen LogP contribution in [0.15, 0.2) is 42.7 Å². The standard InChI is InChI=1S/C18H25N5O/c1-14-12-23(17(18(19)24)15-6-4-3-5-7-15)11-10-22(14)13-16-20-8-9-21(16)2/h3-9,14,17H,10-13H2,1-2H3,(H2,19,24)/t14-,17-/m0/s1. The number of primary amides is 1. The van der Waals surface area contributed by atoms with Gasteiger partial charge in [-0.2, -0.15) is 0 Å². The lowest BCUT2D eigenvalue weighted by Gasteiger charge is -2.42. The Bertz CT molecular complexity index is 684. The highest BCUT2D eigenvalue weighted by Crippen LogP contribution is 2.24. The summed E-state index contributed by atoms with van der Waals surface area (Å²) in [6.45, 7) is 5.54. The third-order valence-electron chi connectivity index (χ3n) is 4.81. The third kappa shape index (κ3) is 3.49. The number of rotatable bonds is 5. The van der Waals surface area contributed by atoms with Gasteiger partial charge in [-0.1, -0.05) is 30.3 Å². The second-order valence-corrected chi connectivity index (χ2v) is 6.48. The first-order chi connectivity index (χ1) is 11.6. The highest BCUT2D eigenvalue weighted by atomic mass is 16.1. The molecule has 0 unspecified atom stereocenters. The number of aromatic nitrogens is 2. The molecule has 6 heteroatoms. The van der Waals surface area contributed by atoms with E-state index >= 15 is 0 Å². The maximum absolute atomic E-state index is 12.0. The SMILES string of the molecule is C[C@H]1CN([C@H](C(N)=O)c2ccccc2)CCN1Cc1nccn1C. The van der Waals surface area contributed by atoms with Gasteiger partial charge < -0.3 is 10.3 Å². The number of benzene rings is 1. The predicted molar refractivity (Wildman–Crippen MR) is 93.0 cm³/mol. The van der Waals surface area contributed by atoms with Crippen molar-refractivity contribution >= 4 is 5.91 Å². The lowest BCUT2D eigenvalue weighted by Crippen LogP contribution is -2.54. The number of nitrogens with two attached hydrogens (primary N) is 1. The molecule has 24 heavy (non-hydrogen) atoms. The fraction of sp³-hybridized carbons (Fsp3) is 0.444.